The van der Waals surface area contributed by atoms with Gasteiger partial charge in [-0.3, -0.25) is 9.78 Å². The molecule has 29 heavy (non-hydrogen) atoms. The fraction of sp³-hybridized carbons (Fsp3) is 0.200. The Morgan fingerprint density at radius 1 is 1.07 bits per heavy atom. The molecule has 0 fully saturated rings. The highest BCUT2D eigenvalue weighted by molar-refractivity contribution is 6.30. The van der Waals surface area contributed by atoms with Crippen LogP contribution in [0.2, 0.25) is 5.02 Å². The van der Waals surface area contributed by atoms with Crippen LogP contribution in [0, 0.1) is 0 Å². The smallest absolute Gasteiger partial charge is 0.306 e. The molecule has 0 saturated carbocycles. The molecule has 1 amide bonds. The highest BCUT2D eigenvalue weighted by atomic mass is 35.5. The molecule has 6 nitrogen and oxygen atoms in total. The van der Waals surface area contributed by atoms with Gasteiger partial charge in [0, 0.05) is 24.0 Å². The van der Waals surface area contributed by atoms with Crippen LogP contribution >= 0.6 is 11.6 Å². The molecule has 0 unspecified atom stereocenters. The summed E-state index contributed by atoms with van der Waals surface area (Å²) in [7, 11) is 0. The Labute approximate surface area is 171 Å². The first-order chi connectivity index (χ1) is 13.9. The van der Waals surface area contributed by atoms with E-state index in [9.17, 15) is 13.6 Å². The van der Waals surface area contributed by atoms with E-state index in [0.29, 0.717) is 17.3 Å². The molecule has 0 aliphatic heterocycles. The standard InChI is InChI=1S/C20H18ClF2N5O/c21-15-5-3-4-14(10-15)12-26-18(29)11-16-7-9-25-19(28-16)27-13-20(22,23)17-6-1-2-8-24-17/h1-10H,11-13H2,(H,26,29)(H,25,27,28). The number of nitrogens with one attached hydrogen (secondary N) is 2. The molecular weight excluding hydrogens is 400 g/mol. The monoisotopic (exact) mass is 417 g/mol. The second-order valence-electron chi connectivity index (χ2n) is 6.23. The molecule has 2 aromatic heterocycles. The van der Waals surface area contributed by atoms with Crippen LogP contribution in [0.3, 0.4) is 0 Å². The maximum atomic E-state index is 14.2. The minimum atomic E-state index is -3.19. The molecule has 2 N–H and O–H groups in total. The summed E-state index contributed by atoms with van der Waals surface area (Å²) < 4.78 is 28.4. The molecule has 0 bridgehead atoms. The molecule has 3 rings (SSSR count). The third-order valence-corrected chi connectivity index (χ3v) is 4.18. The van der Waals surface area contributed by atoms with E-state index >= 15 is 0 Å². The lowest BCUT2D eigenvalue weighted by Gasteiger charge is -2.16. The number of carbonyl (C=O) groups excluding carboxylic acids is 1. The van der Waals surface area contributed by atoms with Crippen molar-refractivity contribution in [2.75, 3.05) is 11.9 Å². The summed E-state index contributed by atoms with van der Waals surface area (Å²) in [6.45, 7) is -0.389. The van der Waals surface area contributed by atoms with E-state index in [1.165, 1.54) is 24.5 Å². The zero-order valence-electron chi connectivity index (χ0n) is 15.3. The van der Waals surface area contributed by atoms with Crippen molar-refractivity contribution in [1.82, 2.24) is 20.3 Å². The first-order valence-electron chi connectivity index (χ1n) is 8.79. The van der Waals surface area contributed by atoms with Gasteiger partial charge in [-0.15, -0.1) is 0 Å². The first kappa shape index (κ1) is 20.6. The predicted octanol–water partition coefficient (Wildman–Crippen LogP) is 3.59. The number of benzene rings is 1. The summed E-state index contributed by atoms with van der Waals surface area (Å²) in [5.41, 5.74) is 0.934. The highest BCUT2D eigenvalue weighted by Gasteiger charge is 2.33. The van der Waals surface area contributed by atoms with Crippen molar-refractivity contribution >= 4 is 23.5 Å². The molecule has 0 aliphatic rings. The zero-order valence-corrected chi connectivity index (χ0v) is 16.0. The number of amides is 1. The van der Waals surface area contributed by atoms with Crippen LogP contribution in [0.25, 0.3) is 0 Å². The molecule has 0 spiro atoms. The molecule has 150 valence electrons. The van der Waals surface area contributed by atoms with Gasteiger partial charge in [-0.25, -0.2) is 9.97 Å². The van der Waals surface area contributed by atoms with E-state index in [1.54, 1.807) is 30.3 Å². The van der Waals surface area contributed by atoms with Gasteiger partial charge < -0.3 is 10.6 Å². The average molecular weight is 418 g/mol. The largest absolute Gasteiger partial charge is 0.352 e. The van der Waals surface area contributed by atoms with Gasteiger partial charge in [0.15, 0.2) is 0 Å². The minimum absolute atomic E-state index is 0.00556. The second-order valence-corrected chi connectivity index (χ2v) is 6.66. The Morgan fingerprint density at radius 2 is 1.93 bits per heavy atom. The summed E-state index contributed by atoms with van der Waals surface area (Å²) in [5.74, 6) is -3.43. The molecule has 9 heteroatoms. The first-order valence-corrected chi connectivity index (χ1v) is 9.16. The van der Waals surface area contributed by atoms with Gasteiger partial charge in [0.2, 0.25) is 11.9 Å². The Morgan fingerprint density at radius 3 is 2.69 bits per heavy atom. The number of pyridine rings is 1. The molecule has 0 aliphatic carbocycles. The van der Waals surface area contributed by atoms with Crippen molar-refractivity contribution in [2.45, 2.75) is 18.9 Å². The molecular formula is C20H18ClF2N5O. The van der Waals surface area contributed by atoms with Gasteiger partial charge in [0.25, 0.3) is 0 Å². The minimum Gasteiger partial charge on any atom is -0.352 e. The number of rotatable bonds is 8. The van der Waals surface area contributed by atoms with Gasteiger partial charge in [0.1, 0.15) is 5.69 Å². The summed E-state index contributed by atoms with van der Waals surface area (Å²) in [5, 5.41) is 5.86. The maximum absolute atomic E-state index is 14.2. The number of anilines is 1. The Kier molecular flexibility index (Phi) is 6.66. The summed E-state index contributed by atoms with van der Waals surface area (Å²) >= 11 is 5.91. The molecule has 0 radical (unpaired) electrons. The Hall–Kier alpha value is -3.13. The van der Waals surface area contributed by atoms with E-state index < -0.39 is 12.5 Å². The van der Waals surface area contributed by atoms with Crippen LogP contribution in [0.5, 0.6) is 0 Å². The number of halogens is 3. The van der Waals surface area contributed by atoms with Gasteiger partial charge in [-0.2, -0.15) is 8.78 Å². The molecule has 3 aromatic rings. The molecule has 1 aromatic carbocycles. The van der Waals surface area contributed by atoms with Crippen LogP contribution in [0.15, 0.2) is 60.9 Å². The lowest BCUT2D eigenvalue weighted by atomic mass is 10.2. The second kappa shape index (κ2) is 9.38. The van der Waals surface area contributed by atoms with E-state index in [1.807, 2.05) is 6.07 Å². The quantitative estimate of drug-likeness (QED) is 0.585. The van der Waals surface area contributed by atoms with Crippen molar-refractivity contribution < 1.29 is 13.6 Å². The van der Waals surface area contributed by atoms with Crippen LogP contribution in [-0.2, 0) is 23.7 Å². The van der Waals surface area contributed by atoms with Crippen LogP contribution < -0.4 is 10.6 Å². The molecule has 2 heterocycles. The number of hydrogen-bond donors (Lipinski definition) is 2. The third kappa shape index (κ3) is 6.18. The van der Waals surface area contributed by atoms with E-state index in [0.717, 1.165) is 5.56 Å². The predicted molar refractivity (Wildman–Crippen MR) is 106 cm³/mol. The lowest BCUT2D eigenvalue weighted by molar-refractivity contribution is -0.120. The number of hydrogen-bond acceptors (Lipinski definition) is 5. The zero-order chi connectivity index (χ0) is 20.7. The van der Waals surface area contributed by atoms with Crippen molar-refractivity contribution in [1.29, 1.82) is 0 Å². The van der Waals surface area contributed by atoms with Crippen molar-refractivity contribution in [3.63, 3.8) is 0 Å². The third-order valence-electron chi connectivity index (χ3n) is 3.94. The van der Waals surface area contributed by atoms with Gasteiger partial charge in [-0.1, -0.05) is 29.8 Å². The fourth-order valence-corrected chi connectivity index (χ4v) is 2.73. The fourth-order valence-electron chi connectivity index (χ4n) is 2.51. The van der Waals surface area contributed by atoms with E-state index in [2.05, 4.69) is 25.6 Å². The number of carbonyl (C=O) groups is 1. The molecule has 0 saturated heterocycles. The lowest BCUT2D eigenvalue weighted by Crippen LogP contribution is -2.27. The number of nitrogens with zero attached hydrogens (tertiary/aromatic N) is 3. The van der Waals surface area contributed by atoms with Gasteiger partial charge in [0.05, 0.1) is 18.7 Å². The molecule has 0 atom stereocenters. The number of alkyl halides is 2. The van der Waals surface area contributed by atoms with Gasteiger partial charge >= 0.3 is 5.92 Å². The van der Waals surface area contributed by atoms with E-state index in [-0.39, 0.29) is 24.0 Å². The van der Waals surface area contributed by atoms with E-state index in [4.69, 9.17) is 11.6 Å². The van der Waals surface area contributed by atoms with Crippen molar-refractivity contribution in [2.24, 2.45) is 0 Å². The van der Waals surface area contributed by atoms with Crippen LogP contribution in [0.1, 0.15) is 17.0 Å². The summed E-state index contributed by atoms with van der Waals surface area (Å²) in [6, 6.07) is 13.0. The Bertz CT molecular complexity index is 972. The summed E-state index contributed by atoms with van der Waals surface area (Å²) in [4.78, 5) is 23.9. The van der Waals surface area contributed by atoms with Gasteiger partial charge in [-0.05, 0) is 35.9 Å². The van der Waals surface area contributed by atoms with Crippen LogP contribution in [0.4, 0.5) is 14.7 Å². The average Bonchev–Trinajstić information content (AvgIpc) is 2.72. The SMILES string of the molecule is O=C(Cc1ccnc(NCC(F)(F)c2ccccn2)n1)NCc1cccc(Cl)c1. The number of aromatic nitrogens is 3. The maximum Gasteiger partial charge on any atom is 0.306 e. The summed E-state index contributed by atoms with van der Waals surface area (Å²) in [6.07, 6.45) is 2.71. The Balaban J connectivity index is 1.54. The normalized spacial score (nSPS) is 11.1. The topological polar surface area (TPSA) is 79.8 Å². The highest BCUT2D eigenvalue weighted by Crippen LogP contribution is 2.25. The van der Waals surface area contributed by atoms with Crippen LogP contribution in [-0.4, -0.2) is 27.4 Å². The van der Waals surface area contributed by atoms with Crippen molar-refractivity contribution in [3.05, 3.63) is 82.9 Å². The van der Waals surface area contributed by atoms with Crippen molar-refractivity contribution in [3.8, 4) is 0 Å².